The first-order valence-corrected chi connectivity index (χ1v) is 13.9. The first-order chi connectivity index (χ1) is 19.1. The highest BCUT2D eigenvalue weighted by Gasteiger charge is 2.21. The van der Waals surface area contributed by atoms with E-state index in [1.807, 2.05) is 77.1 Å². The number of alkyl carbamates (subject to hydrolysis) is 1. The summed E-state index contributed by atoms with van der Waals surface area (Å²) in [7, 11) is 1.36. The van der Waals surface area contributed by atoms with Crippen LogP contribution in [0.4, 0.5) is 4.79 Å². The van der Waals surface area contributed by atoms with Crippen molar-refractivity contribution >= 4 is 29.4 Å². The van der Waals surface area contributed by atoms with Crippen LogP contribution in [-0.4, -0.2) is 54.5 Å². The van der Waals surface area contributed by atoms with Crippen LogP contribution in [-0.2, 0) is 19.0 Å². The van der Waals surface area contributed by atoms with Gasteiger partial charge in [0.15, 0.2) is 0 Å². The van der Waals surface area contributed by atoms with Gasteiger partial charge in [-0.1, -0.05) is 23.9 Å². The van der Waals surface area contributed by atoms with Gasteiger partial charge in [0, 0.05) is 11.4 Å². The maximum atomic E-state index is 12.3. The molecule has 1 aromatic heterocycles. The molecule has 214 valence electrons. The van der Waals surface area contributed by atoms with E-state index >= 15 is 0 Å². The molecule has 0 aliphatic heterocycles. The number of benzene rings is 1. The lowest BCUT2D eigenvalue weighted by atomic mass is 10.0. The molecule has 10 heteroatoms. The fourth-order valence-corrected chi connectivity index (χ4v) is 4.61. The molecular weight excluding hydrogens is 530 g/mol. The molecule has 1 amide bonds. The Bertz CT molecular complexity index is 1300. The van der Waals surface area contributed by atoms with Crippen molar-refractivity contribution in [2.24, 2.45) is 0 Å². The zero-order chi connectivity index (χ0) is 29.1. The number of amides is 1. The standard InChI is InChI=1S/C30H37N3O6S/c1-7-37-26-16-20(2)23(12-13-24(26)28(34)36-6)25-18-27(33-19-32-25)40-22-11-8-10-21(17-22)38-15-9-14-31-29(35)39-30(3,4)5/h8,10-11,13,16-19H,7,9,12,14-15H2,1-6H3,(H,31,35). The van der Waals surface area contributed by atoms with Gasteiger partial charge >= 0.3 is 12.1 Å². The molecule has 1 aliphatic rings. The van der Waals surface area contributed by atoms with Crippen molar-refractivity contribution in [3.63, 3.8) is 0 Å². The molecule has 0 saturated carbocycles. The molecular formula is C30H37N3O6S. The van der Waals surface area contributed by atoms with E-state index in [0.29, 0.717) is 43.9 Å². The summed E-state index contributed by atoms with van der Waals surface area (Å²) >= 11 is 1.50. The summed E-state index contributed by atoms with van der Waals surface area (Å²) in [6.07, 6.45) is 5.92. The maximum absolute atomic E-state index is 12.3. The number of rotatable bonds is 11. The van der Waals surface area contributed by atoms with Gasteiger partial charge in [-0.25, -0.2) is 19.6 Å². The second-order valence-corrected chi connectivity index (χ2v) is 11.0. The van der Waals surface area contributed by atoms with Crippen LogP contribution in [0.25, 0.3) is 5.57 Å². The summed E-state index contributed by atoms with van der Waals surface area (Å²) in [5.74, 6) is 0.782. The van der Waals surface area contributed by atoms with E-state index in [0.717, 1.165) is 32.5 Å². The number of ether oxygens (including phenoxy) is 4. The minimum absolute atomic E-state index is 0.403. The molecule has 0 fully saturated rings. The monoisotopic (exact) mass is 567 g/mol. The van der Waals surface area contributed by atoms with E-state index < -0.39 is 17.7 Å². The van der Waals surface area contributed by atoms with Gasteiger partial charge in [0.25, 0.3) is 0 Å². The first kappa shape index (κ1) is 30.7. The van der Waals surface area contributed by atoms with Crippen molar-refractivity contribution in [3.8, 4) is 5.75 Å². The summed E-state index contributed by atoms with van der Waals surface area (Å²) in [6.45, 7) is 10.7. The molecule has 3 rings (SSSR count). The second-order valence-electron chi connectivity index (χ2n) is 9.87. The summed E-state index contributed by atoms with van der Waals surface area (Å²) in [6, 6.07) is 9.69. The van der Waals surface area contributed by atoms with Gasteiger partial charge < -0.3 is 24.3 Å². The van der Waals surface area contributed by atoms with E-state index in [2.05, 4.69) is 15.3 Å². The third-order valence-corrected chi connectivity index (χ3v) is 6.46. The molecule has 0 radical (unpaired) electrons. The van der Waals surface area contributed by atoms with Crippen LogP contribution in [0.5, 0.6) is 5.75 Å². The Labute approximate surface area is 240 Å². The number of carbonyl (C=O) groups is 2. The fraction of sp³-hybridized carbons (Fsp3) is 0.400. The van der Waals surface area contributed by atoms with Crippen molar-refractivity contribution in [2.45, 2.75) is 63.0 Å². The third kappa shape index (κ3) is 9.44. The quantitative estimate of drug-likeness (QED) is 0.195. The predicted molar refractivity (Wildman–Crippen MR) is 154 cm³/mol. The average molecular weight is 568 g/mol. The summed E-state index contributed by atoms with van der Waals surface area (Å²) in [5.41, 5.74) is 2.57. The lowest BCUT2D eigenvalue weighted by molar-refractivity contribution is -0.136. The number of allylic oxidation sites excluding steroid dienone is 4. The molecule has 0 atom stereocenters. The van der Waals surface area contributed by atoms with Crippen LogP contribution < -0.4 is 10.1 Å². The molecule has 1 aromatic carbocycles. The number of carbonyl (C=O) groups excluding carboxylic acids is 2. The maximum Gasteiger partial charge on any atom is 0.407 e. The van der Waals surface area contributed by atoms with Crippen LogP contribution in [0.2, 0.25) is 0 Å². The summed E-state index contributed by atoms with van der Waals surface area (Å²) in [4.78, 5) is 34.0. The van der Waals surface area contributed by atoms with Crippen LogP contribution in [0, 0.1) is 0 Å². The summed E-state index contributed by atoms with van der Waals surface area (Å²) in [5, 5.41) is 3.51. The van der Waals surface area contributed by atoms with Crippen LogP contribution in [0.3, 0.4) is 0 Å². The third-order valence-electron chi connectivity index (χ3n) is 5.54. The highest BCUT2D eigenvalue weighted by atomic mass is 32.2. The first-order valence-electron chi connectivity index (χ1n) is 13.1. The molecule has 1 aliphatic carbocycles. The average Bonchev–Trinajstić information content (AvgIpc) is 3.06. The van der Waals surface area contributed by atoms with Gasteiger partial charge in [0.1, 0.15) is 28.5 Å². The zero-order valence-corrected chi connectivity index (χ0v) is 24.7. The zero-order valence-electron chi connectivity index (χ0n) is 23.9. The molecule has 40 heavy (non-hydrogen) atoms. The van der Waals surface area contributed by atoms with E-state index in [9.17, 15) is 9.59 Å². The molecule has 9 nitrogen and oxygen atoms in total. The van der Waals surface area contributed by atoms with E-state index in [1.165, 1.54) is 18.9 Å². The Morgan fingerprint density at radius 2 is 1.93 bits per heavy atom. The Morgan fingerprint density at radius 1 is 1.12 bits per heavy atom. The SMILES string of the molecule is CCOC1=CC(C)=C(c2cc(Sc3cccc(OCCCNC(=O)OC(C)(C)C)c3)ncn2)CC=C1C(=O)OC. The van der Waals surface area contributed by atoms with Crippen molar-refractivity contribution < 1.29 is 28.5 Å². The Balaban J connectivity index is 1.64. The van der Waals surface area contributed by atoms with Crippen molar-refractivity contribution in [2.75, 3.05) is 26.9 Å². The highest BCUT2D eigenvalue weighted by molar-refractivity contribution is 7.99. The van der Waals surface area contributed by atoms with E-state index in [1.54, 1.807) is 6.33 Å². The highest BCUT2D eigenvalue weighted by Crippen LogP contribution is 2.33. The number of nitrogens with zero attached hydrogens (tertiary/aromatic N) is 2. The van der Waals surface area contributed by atoms with Gasteiger partial charge in [-0.3, -0.25) is 0 Å². The van der Waals surface area contributed by atoms with E-state index in [-0.39, 0.29) is 0 Å². The van der Waals surface area contributed by atoms with Crippen LogP contribution >= 0.6 is 11.8 Å². The molecule has 0 unspecified atom stereocenters. The fourth-order valence-electron chi connectivity index (χ4n) is 3.78. The van der Waals surface area contributed by atoms with Crippen molar-refractivity contribution in [3.05, 3.63) is 71.4 Å². The topological polar surface area (TPSA) is 109 Å². The van der Waals surface area contributed by atoms with Crippen molar-refractivity contribution in [1.82, 2.24) is 15.3 Å². The molecule has 1 N–H and O–H groups in total. The van der Waals surface area contributed by atoms with Crippen LogP contribution in [0.15, 0.2) is 75.6 Å². The Hall–Kier alpha value is -3.79. The Kier molecular flexibility index (Phi) is 11.2. The normalized spacial score (nSPS) is 13.6. The number of hydrogen-bond acceptors (Lipinski definition) is 9. The van der Waals surface area contributed by atoms with Gasteiger partial charge in [-0.05, 0) is 88.9 Å². The minimum Gasteiger partial charge on any atom is -0.493 e. The lowest BCUT2D eigenvalue weighted by Crippen LogP contribution is -2.33. The number of aromatic nitrogens is 2. The second kappa shape index (κ2) is 14.6. The summed E-state index contributed by atoms with van der Waals surface area (Å²) < 4.78 is 21.8. The molecule has 0 spiro atoms. The largest absolute Gasteiger partial charge is 0.493 e. The van der Waals surface area contributed by atoms with Crippen LogP contribution in [0.1, 0.15) is 53.2 Å². The van der Waals surface area contributed by atoms with E-state index in [4.69, 9.17) is 18.9 Å². The lowest BCUT2D eigenvalue weighted by Gasteiger charge is -2.19. The molecule has 0 saturated heterocycles. The number of hydrogen-bond donors (Lipinski definition) is 1. The predicted octanol–water partition coefficient (Wildman–Crippen LogP) is 6.12. The molecule has 2 aromatic rings. The van der Waals surface area contributed by atoms with Gasteiger partial charge in [0.2, 0.25) is 0 Å². The number of methoxy groups -OCH3 is 1. The number of nitrogens with one attached hydrogen (secondary N) is 1. The number of esters is 1. The van der Waals surface area contributed by atoms with Gasteiger partial charge in [0.05, 0.1) is 31.6 Å². The van der Waals surface area contributed by atoms with Crippen molar-refractivity contribution in [1.29, 1.82) is 0 Å². The smallest absolute Gasteiger partial charge is 0.407 e. The van der Waals surface area contributed by atoms with Gasteiger partial charge in [-0.2, -0.15) is 0 Å². The minimum atomic E-state index is -0.524. The molecule has 1 heterocycles. The van der Waals surface area contributed by atoms with Gasteiger partial charge in [-0.15, -0.1) is 0 Å². The molecule has 0 bridgehead atoms. The Morgan fingerprint density at radius 3 is 2.65 bits per heavy atom.